The lowest BCUT2D eigenvalue weighted by Crippen LogP contribution is -2.36. The Balaban J connectivity index is 2.25. The molecule has 1 rings (SSSR count). The van der Waals surface area contributed by atoms with Crippen LogP contribution in [-0.2, 0) is 4.79 Å². The monoisotopic (exact) mass is 210 g/mol. The van der Waals surface area contributed by atoms with Crippen molar-refractivity contribution in [2.75, 3.05) is 6.54 Å². The van der Waals surface area contributed by atoms with E-state index in [0.29, 0.717) is 24.9 Å². The van der Waals surface area contributed by atoms with Gasteiger partial charge in [-0.1, -0.05) is 25.5 Å². The highest BCUT2D eigenvalue weighted by Gasteiger charge is 2.15. The Morgan fingerprint density at radius 1 is 1.60 bits per heavy atom. The fourth-order valence-electron chi connectivity index (χ4n) is 1.87. The molecule has 0 bridgehead atoms. The van der Waals surface area contributed by atoms with E-state index in [2.05, 4.69) is 24.4 Å². The molecule has 0 aromatic rings. The van der Waals surface area contributed by atoms with Gasteiger partial charge in [-0.25, -0.2) is 0 Å². The van der Waals surface area contributed by atoms with Crippen LogP contribution in [0.1, 0.15) is 39.0 Å². The average molecular weight is 210 g/mol. The van der Waals surface area contributed by atoms with E-state index in [-0.39, 0.29) is 5.91 Å². The number of rotatable bonds is 5. The largest absolute Gasteiger partial charge is 0.353 e. The molecule has 0 saturated heterocycles. The Morgan fingerprint density at radius 3 is 2.93 bits per heavy atom. The van der Waals surface area contributed by atoms with Crippen LogP contribution in [0.4, 0.5) is 0 Å². The first-order chi connectivity index (χ1) is 7.26. The third-order valence-electron chi connectivity index (χ3n) is 3.02. The Morgan fingerprint density at radius 2 is 2.40 bits per heavy atom. The van der Waals surface area contributed by atoms with Gasteiger partial charge in [0.2, 0.25) is 5.91 Å². The molecule has 0 aromatic heterocycles. The normalized spacial score (nSPS) is 22.4. The molecule has 0 heterocycles. The van der Waals surface area contributed by atoms with Crippen molar-refractivity contribution in [1.29, 1.82) is 0 Å². The molecule has 1 aliphatic rings. The van der Waals surface area contributed by atoms with Crippen LogP contribution < -0.4 is 11.1 Å². The van der Waals surface area contributed by atoms with Crippen LogP contribution in [0, 0.1) is 5.92 Å². The van der Waals surface area contributed by atoms with E-state index >= 15 is 0 Å². The van der Waals surface area contributed by atoms with Crippen molar-refractivity contribution in [2.24, 2.45) is 11.7 Å². The van der Waals surface area contributed by atoms with Gasteiger partial charge in [-0.2, -0.15) is 0 Å². The Kier molecular flexibility index (Phi) is 5.40. The lowest BCUT2D eigenvalue weighted by Gasteiger charge is -2.20. The van der Waals surface area contributed by atoms with Crippen LogP contribution in [0.2, 0.25) is 0 Å². The molecule has 2 unspecified atom stereocenters. The van der Waals surface area contributed by atoms with E-state index < -0.39 is 0 Å². The van der Waals surface area contributed by atoms with Gasteiger partial charge in [-0.05, 0) is 31.7 Å². The molecule has 86 valence electrons. The van der Waals surface area contributed by atoms with Gasteiger partial charge in [0.05, 0.1) is 0 Å². The minimum Gasteiger partial charge on any atom is -0.353 e. The van der Waals surface area contributed by atoms with Crippen molar-refractivity contribution in [3.05, 3.63) is 12.2 Å². The predicted octanol–water partition coefficient (Wildman–Crippen LogP) is 1.59. The summed E-state index contributed by atoms with van der Waals surface area (Å²) < 4.78 is 0. The maximum Gasteiger partial charge on any atom is 0.220 e. The van der Waals surface area contributed by atoms with Gasteiger partial charge in [0.1, 0.15) is 0 Å². The van der Waals surface area contributed by atoms with Crippen LogP contribution in [0.15, 0.2) is 12.2 Å². The number of hydrogen-bond donors (Lipinski definition) is 2. The van der Waals surface area contributed by atoms with E-state index in [9.17, 15) is 4.79 Å². The van der Waals surface area contributed by atoms with Crippen molar-refractivity contribution in [3.8, 4) is 0 Å². The number of nitrogens with two attached hydrogens (primary N) is 1. The van der Waals surface area contributed by atoms with E-state index in [4.69, 9.17) is 5.73 Å². The summed E-state index contributed by atoms with van der Waals surface area (Å²) in [7, 11) is 0. The lowest BCUT2D eigenvalue weighted by atomic mass is 9.99. The highest BCUT2D eigenvalue weighted by molar-refractivity contribution is 5.76. The van der Waals surface area contributed by atoms with Gasteiger partial charge in [-0.15, -0.1) is 0 Å². The summed E-state index contributed by atoms with van der Waals surface area (Å²) >= 11 is 0. The fourth-order valence-corrected chi connectivity index (χ4v) is 1.87. The lowest BCUT2D eigenvalue weighted by molar-refractivity contribution is -0.122. The van der Waals surface area contributed by atoms with Gasteiger partial charge in [-0.3, -0.25) is 4.79 Å². The van der Waals surface area contributed by atoms with Gasteiger partial charge < -0.3 is 11.1 Å². The first-order valence-corrected chi connectivity index (χ1v) is 5.90. The second-order valence-electron chi connectivity index (χ2n) is 4.26. The van der Waals surface area contributed by atoms with Gasteiger partial charge >= 0.3 is 0 Å². The summed E-state index contributed by atoms with van der Waals surface area (Å²) in [5.41, 5.74) is 5.57. The summed E-state index contributed by atoms with van der Waals surface area (Å²) in [6, 6.07) is 0.345. The van der Waals surface area contributed by atoms with Crippen LogP contribution in [-0.4, -0.2) is 18.5 Å². The molecule has 0 aromatic carbocycles. The number of carbonyl (C=O) groups is 1. The molecule has 3 heteroatoms. The first kappa shape index (κ1) is 12.2. The average Bonchev–Trinajstić information content (AvgIpc) is 2.27. The molecule has 0 radical (unpaired) electrons. The summed E-state index contributed by atoms with van der Waals surface area (Å²) in [6.45, 7) is 2.68. The molecule has 1 amide bonds. The zero-order chi connectivity index (χ0) is 11.1. The molecule has 0 saturated carbocycles. The fraction of sp³-hybridized carbons (Fsp3) is 0.750. The maximum absolute atomic E-state index is 11.6. The summed E-state index contributed by atoms with van der Waals surface area (Å²) in [6.07, 6.45) is 9.01. The number of nitrogens with one attached hydrogen (secondary N) is 1. The topological polar surface area (TPSA) is 55.1 Å². The molecule has 15 heavy (non-hydrogen) atoms. The van der Waals surface area contributed by atoms with Crippen LogP contribution >= 0.6 is 0 Å². The second-order valence-corrected chi connectivity index (χ2v) is 4.26. The molecule has 3 N–H and O–H groups in total. The molecule has 3 nitrogen and oxygen atoms in total. The van der Waals surface area contributed by atoms with E-state index in [1.807, 2.05) is 0 Å². The van der Waals surface area contributed by atoms with E-state index in [1.165, 1.54) is 0 Å². The van der Waals surface area contributed by atoms with Crippen molar-refractivity contribution >= 4 is 5.91 Å². The van der Waals surface area contributed by atoms with Crippen molar-refractivity contribution in [3.63, 3.8) is 0 Å². The first-order valence-electron chi connectivity index (χ1n) is 5.90. The van der Waals surface area contributed by atoms with Crippen LogP contribution in [0.25, 0.3) is 0 Å². The molecule has 2 atom stereocenters. The molecular weight excluding hydrogens is 188 g/mol. The van der Waals surface area contributed by atoms with E-state index in [1.54, 1.807) is 0 Å². The second kappa shape index (κ2) is 6.62. The molecule has 1 aliphatic carbocycles. The Bertz CT molecular complexity index is 222. The third kappa shape index (κ3) is 4.47. The predicted molar refractivity (Wildman–Crippen MR) is 62.4 cm³/mol. The number of allylic oxidation sites excluding steroid dienone is 1. The van der Waals surface area contributed by atoms with Crippen LogP contribution in [0.3, 0.4) is 0 Å². The minimum atomic E-state index is 0.160. The quantitative estimate of drug-likeness (QED) is 0.677. The summed E-state index contributed by atoms with van der Waals surface area (Å²) in [4.78, 5) is 11.6. The SMILES string of the molecule is CCC(CN)CC(=O)NC1CC=CCC1. The smallest absolute Gasteiger partial charge is 0.220 e. The van der Waals surface area contributed by atoms with Gasteiger partial charge in [0.25, 0.3) is 0 Å². The molecule has 0 spiro atoms. The highest BCUT2D eigenvalue weighted by atomic mass is 16.1. The number of hydrogen-bond acceptors (Lipinski definition) is 2. The Labute approximate surface area is 92.1 Å². The van der Waals surface area contributed by atoms with Crippen molar-refractivity contribution in [1.82, 2.24) is 5.32 Å². The Hall–Kier alpha value is -0.830. The number of amides is 1. The highest BCUT2D eigenvalue weighted by Crippen LogP contribution is 2.12. The van der Waals surface area contributed by atoms with E-state index in [0.717, 1.165) is 25.7 Å². The molecule has 0 fully saturated rings. The molecule has 0 aliphatic heterocycles. The summed E-state index contributed by atoms with van der Waals surface area (Å²) in [5, 5.41) is 3.07. The van der Waals surface area contributed by atoms with Crippen LogP contribution in [0.5, 0.6) is 0 Å². The maximum atomic E-state index is 11.6. The number of carbonyl (C=O) groups excluding carboxylic acids is 1. The zero-order valence-corrected chi connectivity index (χ0v) is 9.54. The van der Waals surface area contributed by atoms with Gasteiger partial charge in [0, 0.05) is 12.5 Å². The zero-order valence-electron chi connectivity index (χ0n) is 9.54. The standard InChI is InChI=1S/C12H22N2O/c1-2-10(9-13)8-12(15)14-11-6-4-3-5-7-11/h3-4,10-11H,2,5-9,13H2,1H3,(H,14,15). The summed E-state index contributed by atoms with van der Waals surface area (Å²) in [5.74, 6) is 0.497. The van der Waals surface area contributed by atoms with Gasteiger partial charge in [0.15, 0.2) is 0 Å². The van der Waals surface area contributed by atoms with Crippen molar-refractivity contribution in [2.45, 2.75) is 45.1 Å². The minimum absolute atomic E-state index is 0.160. The van der Waals surface area contributed by atoms with Crippen molar-refractivity contribution < 1.29 is 4.79 Å². The molecular formula is C12H22N2O. The third-order valence-corrected chi connectivity index (χ3v) is 3.02.